The standard InChI is InChI=1S/C11H10N2O/c1-13-6-5-8-9(7-12)11(14-2)4-3-10(8)13/h3-6H,1-2H3. The number of nitriles is 1. The maximum absolute atomic E-state index is 9.02. The normalized spacial score (nSPS) is 10.1. The highest BCUT2D eigenvalue weighted by atomic mass is 16.5. The Labute approximate surface area is 82.1 Å². The first-order valence-corrected chi connectivity index (χ1v) is 4.30. The van der Waals surface area contributed by atoms with E-state index in [2.05, 4.69) is 6.07 Å². The van der Waals surface area contributed by atoms with E-state index in [4.69, 9.17) is 10.00 Å². The number of hydrogen-bond acceptors (Lipinski definition) is 2. The van der Waals surface area contributed by atoms with E-state index in [1.165, 1.54) is 0 Å². The lowest BCUT2D eigenvalue weighted by Gasteiger charge is -2.03. The summed E-state index contributed by atoms with van der Waals surface area (Å²) < 4.78 is 7.10. The number of benzene rings is 1. The van der Waals surface area contributed by atoms with Gasteiger partial charge in [0.15, 0.2) is 0 Å². The molecule has 3 nitrogen and oxygen atoms in total. The van der Waals surface area contributed by atoms with Gasteiger partial charge in [0.05, 0.1) is 7.11 Å². The number of rotatable bonds is 1. The van der Waals surface area contributed by atoms with Crippen molar-refractivity contribution in [2.24, 2.45) is 7.05 Å². The molecule has 0 radical (unpaired) electrons. The molecule has 14 heavy (non-hydrogen) atoms. The zero-order chi connectivity index (χ0) is 10.1. The molecule has 3 heteroatoms. The van der Waals surface area contributed by atoms with Gasteiger partial charge in [0.25, 0.3) is 0 Å². The summed E-state index contributed by atoms with van der Waals surface area (Å²) >= 11 is 0. The van der Waals surface area contributed by atoms with E-state index in [0.717, 1.165) is 10.9 Å². The zero-order valence-electron chi connectivity index (χ0n) is 8.11. The lowest BCUT2D eigenvalue weighted by molar-refractivity contribution is 0.414. The predicted octanol–water partition coefficient (Wildman–Crippen LogP) is 2.06. The van der Waals surface area contributed by atoms with Crippen LogP contribution in [0.3, 0.4) is 0 Å². The summed E-state index contributed by atoms with van der Waals surface area (Å²) in [5.41, 5.74) is 1.65. The fourth-order valence-corrected chi connectivity index (χ4v) is 1.62. The largest absolute Gasteiger partial charge is 0.495 e. The van der Waals surface area contributed by atoms with E-state index in [0.29, 0.717) is 11.3 Å². The summed E-state index contributed by atoms with van der Waals surface area (Å²) in [5.74, 6) is 0.631. The van der Waals surface area contributed by atoms with E-state index < -0.39 is 0 Å². The molecule has 0 aliphatic carbocycles. The average molecular weight is 186 g/mol. The quantitative estimate of drug-likeness (QED) is 0.683. The minimum atomic E-state index is 0.602. The third-order valence-corrected chi connectivity index (χ3v) is 2.36. The Morgan fingerprint density at radius 3 is 2.79 bits per heavy atom. The Hall–Kier alpha value is -1.95. The topological polar surface area (TPSA) is 38.0 Å². The third kappa shape index (κ3) is 1.05. The first-order valence-electron chi connectivity index (χ1n) is 4.30. The Morgan fingerprint density at radius 1 is 1.36 bits per heavy atom. The van der Waals surface area contributed by atoms with Gasteiger partial charge in [-0.05, 0) is 18.2 Å². The SMILES string of the molecule is COc1ccc2c(ccn2C)c1C#N. The molecule has 0 unspecified atom stereocenters. The third-order valence-electron chi connectivity index (χ3n) is 2.36. The van der Waals surface area contributed by atoms with Gasteiger partial charge in [-0.2, -0.15) is 5.26 Å². The summed E-state index contributed by atoms with van der Waals surface area (Å²) in [7, 11) is 3.53. The Morgan fingerprint density at radius 2 is 2.14 bits per heavy atom. The van der Waals surface area contributed by atoms with Gasteiger partial charge in [0, 0.05) is 24.1 Å². The second-order valence-corrected chi connectivity index (χ2v) is 3.11. The Balaban J connectivity index is 2.86. The summed E-state index contributed by atoms with van der Waals surface area (Å²) in [6, 6.07) is 7.87. The molecule has 0 fully saturated rings. The van der Waals surface area contributed by atoms with Gasteiger partial charge in [0.1, 0.15) is 17.4 Å². The van der Waals surface area contributed by atoms with Crippen molar-refractivity contribution in [2.75, 3.05) is 7.11 Å². The monoisotopic (exact) mass is 186 g/mol. The highest BCUT2D eigenvalue weighted by Gasteiger charge is 2.08. The molecule has 70 valence electrons. The van der Waals surface area contributed by atoms with Gasteiger partial charge >= 0.3 is 0 Å². The number of aryl methyl sites for hydroxylation is 1. The molecule has 1 aromatic carbocycles. The van der Waals surface area contributed by atoms with Crippen LogP contribution in [-0.4, -0.2) is 11.7 Å². The van der Waals surface area contributed by atoms with Crippen molar-refractivity contribution < 1.29 is 4.74 Å². The van der Waals surface area contributed by atoms with E-state index in [-0.39, 0.29) is 0 Å². The molecule has 0 spiro atoms. The number of fused-ring (bicyclic) bond motifs is 1. The van der Waals surface area contributed by atoms with Crippen LogP contribution in [0.15, 0.2) is 24.4 Å². The molecule has 0 saturated heterocycles. The van der Waals surface area contributed by atoms with Crippen molar-refractivity contribution in [1.82, 2.24) is 4.57 Å². The maximum Gasteiger partial charge on any atom is 0.137 e. The minimum absolute atomic E-state index is 0.602. The van der Waals surface area contributed by atoms with Gasteiger partial charge in [-0.3, -0.25) is 0 Å². The molecule has 1 aromatic heterocycles. The van der Waals surface area contributed by atoms with Crippen LogP contribution in [-0.2, 0) is 7.05 Å². The van der Waals surface area contributed by atoms with Crippen molar-refractivity contribution in [1.29, 1.82) is 5.26 Å². The lowest BCUT2D eigenvalue weighted by Crippen LogP contribution is -1.90. The summed E-state index contributed by atoms with van der Waals surface area (Å²) in [6.45, 7) is 0. The maximum atomic E-state index is 9.02. The number of methoxy groups -OCH3 is 1. The summed E-state index contributed by atoms with van der Waals surface area (Å²) in [5, 5.41) is 9.96. The second-order valence-electron chi connectivity index (χ2n) is 3.11. The van der Waals surface area contributed by atoms with Crippen molar-refractivity contribution in [3.05, 3.63) is 30.0 Å². The molecule has 0 N–H and O–H groups in total. The fraction of sp³-hybridized carbons (Fsp3) is 0.182. The number of aromatic nitrogens is 1. The van der Waals surface area contributed by atoms with E-state index >= 15 is 0 Å². The van der Waals surface area contributed by atoms with Crippen LogP contribution in [0.4, 0.5) is 0 Å². The molecule has 0 atom stereocenters. The van der Waals surface area contributed by atoms with Crippen LogP contribution in [0.5, 0.6) is 5.75 Å². The second kappa shape index (κ2) is 3.08. The van der Waals surface area contributed by atoms with E-state index in [1.54, 1.807) is 7.11 Å². The van der Waals surface area contributed by atoms with Crippen LogP contribution < -0.4 is 4.74 Å². The van der Waals surface area contributed by atoms with Gasteiger partial charge < -0.3 is 9.30 Å². The summed E-state index contributed by atoms with van der Waals surface area (Å²) in [6.07, 6.45) is 1.94. The molecule has 0 saturated carbocycles. The number of hydrogen-bond donors (Lipinski definition) is 0. The highest BCUT2D eigenvalue weighted by Crippen LogP contribution is 2.27. The van der Waals surface area contributed by atoms with Crippen molar-refractivity contribution in [3.63, 3.8) is 0 Å². The van der Waals surface area contributed by atoms with Crippen LogP contribution in [0.25, 0.3) is 10.9 Å². The summed E-state index contributed by atoms with van der Waals surface area (Å²) in [4.78, 5) is 0. The van der Waals surface area contributed by atoms with Crippen molar-refractivity contribution in [2.45, 2.75) is 0 Å². The van der Waals surface area contributed by atoms with E-state index in [9.17, 15) is 0 Å². The van der Waals surface area contributed by atoms with Crippen LogP contribution in [0.2, 0.25) is 0 Å². The lowest BCUT2D eigenvalue weighted by atomic mass is 10.1. The number of ether oxygens (including phenoxy) is 1. The van der Waals surface area contributed by atoms with Crippen molar-refractivity contribution in [3.8, 4) is 11.8 Å². The Kier molecular flexibility index (Phi) is 1.90. The molecule has 0 aliphatic rings. The van der Waals surface area contributed by atoms with E-state index in [1.807, 2.05) is 36.0 Å². The van der Waals surface area contributed by atoms with Crippen LogP contribution in [0.1, 0.15) is 5.56 Å². The zero-order valence-corrected chi connectivity index (χ0v) is 8.11. The molecule has 1 heterocycles. The molecule has 2 aromatic rings. The van der Waals surface area contributed by atoms with Gasteiger partial charge in [0.2, 0.25) is 0 Å². The molecule has 0 aliphatic heterocycles. The molecular weight excluding hydrogens is 176 g/mol. The predicted molar refractivity (Wildman–Crippen MR) is 54.2 cm³/mol. The minimum Gasteiger partial charge on any atom is -0.495 e. The highest BCUT2D eigenvalue weighted by molar-refractivity contribution is 5.88. The van der Waals surface area contributed by atoms with Gasteiger partial charge in [-0.15, -0.1) is 0 Å². The van der Waals surface area contributed by atoms with Crippen LogP contribution in [0, 0.1) is 11.3 Å². The smallest absolute Gasteiger partial charge is 0.137 e. The van der Waals surface area contributed by atoms with Gasteiger partial charge in [-0.1, -0.05) is 0 Å². The van der Waals surface area contributed by atoms with Gasteiger partial charge in [-0.25, -0.2) is 0 Å². The Bertz CT molecular complexity index is 520. The average Bonchev–Trinajstić information content (AvgIpc) is 2.59. The fourth-order valence-electron chi connectivity index (χ4n) is 1.62. The number of nitrogens with zero attached hydrogens (tertiary/aromatic N) is 2. The van der Waals surface area contributed by atoms with Crippen LogP contribution >= 0.6 is 0 Å². The van der Waals surface area contributed by atoms with Crippen molar-refractivity contribution >= 4 is 10.9 Å². The molecular formula is C11H10N2O. The first kappa shape index (κ1) is 8.64. The molecule has 0 bridgehead atoms. The molecule has 0 amide bonds. The first-order chi connectivity index (χ1) is 6.77. The molecule has 2 rings (SSSR count).